The molecule has 3 rings (SSSR count). The number of carbonyl (C=O) groups is 2. The molecule has 10 heteroatoms. The van der Waals surface area contributed by atoms with Crippen LogP contribution in [0.3, 0.4) is 0 Å². The maximum absolute atomic E-state index is 11.8. The van der Waals surface area contributed by atoms with Crippen molar-refractivity contribution in [3.8, 4) is 28.4 Å². The summed E-state index contributed by atoms with van der Waals surface area (Å²) in [5.41, 5.74) is 1.91. The molecule has 0 bridgehead atoms. The topological polar surface area (TPSA) is 92.5 Å². The molecule has 0 N–H and O–H groups in total. The quantitative estimate of drug-likeness (QED) is 0.120. The summed E-state index contributed by atoms with van der Waals surface area (Å²) >= 11 is 6.24. The van der Waals surface area contributed by atoms with Crippen molar-refractivity contribution in [2.24, 2.45) is 5.41 Å². The summed E-state index contributed by atoms with van der Waals surface area (Å²) in [5, 5.41) is 0.133. The minimum atomic E-state index is -1.23. The van der Waals surface area contributed by atoms with Gasteiger partial charge in [-0.15, -0.1) is 0 Å². The van der Waals surface area contributed by atoms with Crippen molar-refractivity contribution < 1.29 is 23.8 Å². The van der Waals surface area contributed by atoms with E-state index in [9.17, 15) is 9.59 Å². The molecule has 198 valence electrons. The van der Waals surface area contributed by atoms with Crippen LogP contribution in [0, 0.1) is 5.41 Å². The van der Waals surface area contributed by atoms with Gasteiger partial charge in [0.15, 0.2) is 11.4 Å². The van der Waals surface area contributed by atoms with Gasteiger partial charge in [-0.05, 0) is 56.3 Å². The van der Waals surface area contributed by atoms with Gasteiger partial charge in [0.1, 0.15) is 30.6 Å². The van der Waals surface area contributed by atoms with Crippen LogP contribution in [-0.4, -0.2) is 55.2 Å². The van der Waals surface area contributed by atoms with E-state index in [4.69, 9.17) is 25.8 Å². The smallest absolute Gasteiger partial charge is 0.314 e. The molecule has 0 unspecified atom stereocenters. The molecule has 0 radical (unpaired) electrons. The fourth-order valence-electron chi connectivity index (χ4n) is 3.45. The van der Waals surface area contributed by atoms with Gasteiger partial charge in [-0.1, -0.05) is 31.2 Å². The molecule has 0 aliphatic carbocycles. The van der Waals surface area contributed by atoms with Gasteiger partial charge in [0.05, 0.1) is 18.2 Å². The highest BCUT2D eigenvalue weighted by molar-refractivity contribution is 6.76. The van der Waals surface area contributed by atoms with Crippen LogP contribution in [0.1, 0.15) is 24.3 Å². The fourth-order valence-corrected chi connectivity index (χ4v) is 4.43. The monoisotopic (exact) mass is 543 g/mol. The molecule has 1 aromatic carbocycles. The van der Waals surface area contributed by atoms with E-state index in [1.54, 1.807) is 24.6 Å². The zero-order valence-electron chi connectivity index (χ0n) is 22.2. The Kier molecular flexibility index (Phi) is 9.28. The van der Waals surface area contributed by atoms with Gasteiger partial charge in [-0.3, -0.25) is 19.1 Å². The van der Waals surface area contributed by atoms with E-state index < -0.39 is 13.5 Å². The Labute approximate surface area is 223 Å². The summed E-state index contributed by atoms with van der Waals surface area (Å²) in [5.74, 6) is 0.842. The van der Waals surface area contributed by atoms with Crippen molar-refractivity contribution in [3.05, 3.63) is 53.4 Å². The Balaban J connectivity index is 1.72. The first-order valence-corrected chi connectivity index (χ1v) is 16.1. The van der Waals surface area contributed by atoms with Crippen LogP contribution in [-0.2, 0) is 21.0 Å². The van der Waals surface area contributed by atoms with Crippen molar-refractivity contribution in [3.63, 3.8) is 0 Å². The molecule has 0 amide bonds. The summed E-state index contributed by atoms with van der Waals surface area (Å²) in [7, 11) is 0.131. The second-order valence-corrected chi connectivity index (χ2v) is 16.6. The Morgan fingerprint density at radius 2 is 1.78 bits per heavy atom. The summed E-state index contributed by atoms with van der Waals surface area (Å²) in [4.78, 5) is 32.5. The number of hydrogen-bond donors (Lipinski definition) is 0. The van der Waals surface area contributed by atoms with Crippen LogP contribution >= 0.6 is 11.6 Å². The second-order valence-electron chi connectivity index (χ2n) is 10.6. The Morgan fingerprint density at radius 3 is 2.35 bits per heavy atom. The van der Waals surface area contributed by atoms with Crippen LogP contribution in [0.25, 0.3) is 22.6 Å². The molecular weight excluding hydrogens is 510 g/mol. The number of ether oxygens (including phenoxy) is 3. The number of methoxy groups -OCH3 is 1. The number of carbonyl (C=O) groups excluding carboxylic acids is 2. The standard InChI is InChI=1S/C27H34ClN3O5Si/c1-27(2,26(33)34-3)17-36-21-10-7-19(8-11-21)22-12-9-20(15-29-22)25-30-24(28)23(16-32)31(25)18-35-13-14-37(4,5)6/h7-12,15-16H,13-14,17-18H2,1-6H3. The third-order valence-corrected chi connectivity index (χ3v) is 7.78. The molecule has 0 atom stereocenters. The summed E-state index contributed by atoms with van der Waals surface area (Å²) in [6.07, 6.45) is 2.39. The lowest BCUT2D eigenvalue weighted by Gasteiger charge is -2.21. The maximum atomic E-state index is 11.8. The van der Waals surface area contributed by atoms with Crippen molar-refractivity contribution in [1.29, 1.82) is 0 Å². The van der Waals surface area contributed by atoms with Crippen molar-refractivity contribution in [2.75, 3.05) is 20.3 Å². The average Bonchev–Trinajstić information content (AvgIpc) is 3.19. The van der Waals surface area contributed by atoms with Crippen LogP contribution in [0.4, 0.5) is 0 Å². The van der Waals surface area contributed by atoms with E-state index in [0.717, 1.165) is 22.9 Å². The van der Waals surface area contributed by atoms with Gasteiger partial charge < -0.3 is 14.2 Å². The van der Waals surface area contributed by atoms with Gasteiger partial charge in [0.2, 0.25) is 0 Å². The normalized spacial score (nSPS) is 11.9. The molecule has 2 aromatic heterocycles. The molecule has 37 heavy (non-hydrogen) atoms. The van der Waals surface area contributed by atoms with Crippen molar-refractivity contribution >= 4 is 31.9 Å². The van der Waals surface area contributed by atoms with Crippen LogP contribution in [0.15, 0.2) is 42.6 Å². The van der Waals surface area contributed by atoms with Gasteiger partial charge in [-0.2, -0.15) is 0 Å². The predicted octanol–water partition coefficient (Wildman–Crippen LogP) is 5.97. The third-order valence-electron chi connectivity index (χ3n) is 5.80. The maximum Gasteiger partial charge on any atom is 0.314 e. The Bertz CT molecular complexity index is 1220. The largest absolute Gasteiger partial charge is 0.492 e. The third kappa shape index (κ3) is 7.50. The molecule has 0 fully saturated rings. The number of nitrogens with zero attached hydrogens (tertiary/aromatic N) is 3. The molecule has 0 aliphatic rings. The van der Waals surface area contributed by atoms with Crippen LogP contribution in [0.5, 0.6) is 5.75 Å². The highest BCUT2D eigenvalue weighted by Crippen LogP contribution is 2.28. The second kappa shape index (κ2) is 12.0. The van der Waals surface area contributed by atoms with Gasteiger partial charge in [0.25, 0.3) is 0 Å². The first-order valence-electron chi connectivity index (χ1n) is 12.0. The minimum absolute atomic E-state index is 0.133. The van der Waals surface area contributed by atoms with Gasteiger partial charge >= 0.3 is 5.97 Å². The molecular formula is C27H34ClN3O5Si. The van der Waals surface area contributed by atoms with E-state index in [1.165, 1.54) is 7.11 Å². The molecule has 2 heterocycles. The minimum Gasteiger partial charge on any atom is -0.492 e. The summed E-state index contributed by atoms with van der Waals surface area (Å²) in [6, 6.07) is 12.2. The number of hydrogen-bond acceptors (Lipinski definition) is 7. The predicted molar refractivity (Wildman–Crippen MR) is 147 cm³/mol. The Hall–Kier alpha value is -3.01. The van der Waals surface area contributed by atoms with E-state index in [1.807, 2.05) is 36.4 Å². The number of pyridine rings is 1. The zero-order valence-corrected chi connectivity index (χ0v) is 24.0. The molecule has 0 saturated heterocycles. The molecule has 3 aromatic rings. The van der Waals surface area contributed by atoms with Gasteiger partial charge in [0, 0.05) is 32.0 Å². The fraction of sp³-hybridized carbons (Fsp3) is 0.407. The number of halogens is 1. The molecule has 8 nitrogen and oxygen atoms in total. The lowest BCUT2D eigenvalue weighted by atomic mass is 9.95. The van der Waals surface area contributed by atoms with Crippen LogP contribution < -0.4 is 4.74 Å². The number of aldehydes is 1. The van der Waals surface area contributed by atoms with Gasteiger partial charge in [-0.25, -0.2) is 4.98 Å². The Morgan fingerprint density at radius 1 is 1.11 bits per heavy atom. The van der Waals surface area contributed by atoms with Crippen molar-refractivity contribution in [2.45, 2.75) is 46.3 Å². The van der Waals surface area contributed by atoms with E-state index in [2.05, 4.69) is 29.6 Å². The number of benzene rings is 1. The highest BCUT2D eigenvalue weighted by atomic mass is 35.5. The number of esters is 1. The number of rotatable bonds is 12. The van der Waals surface area contributed by atoms with E-state index in [-0.39, 0.29) is 30.2 Å². The molecule has 0 saturated carbocycles. The lowest BCUT2D eigenvalue weighted by molar-refractivity contribution is -0.152. The molecule has 0 spiro atoms. The van der Waals surface area contributed by atoms with Crippen molar-refractivity contribution in [1.82, 2.24) is 14.5 Å². The summed E-state index contributed by atoms with van der Waals surface area (Å²) < 4.78 is 18.1. The highest BCUT2D eigenvalue weighted by Gasteiger charge is 2.29. The summed E-state index contributed by atoms with van der Waals surface area (Å²) in [6.45, 7) is 11.4. The average molecular weight is 544 g/mol. The first-order chi connectivity index (χ1) is 17.4. The number of imidazole rings is 1. The van der Waals surface area contributed by atoms with E-state index >= 15 is 0 Å². The SMILES string of the molecule is COC(=O)C(C)(C)COc1ccc(-c2ccc(-c3nc(Cl)c(C=O)n3COCC[Si](C)(C)C)cn2)cc1. The first kappa shape index (κ1) is 28.6. The molecule has 0 aliphatic heterocycles. The zero-order chi connectivity index (χ0) is 27.2. The van der Waals surface area contributed by atoms with E-state index in [0.29, 0.717) is 24.5 Å². The van der Waals surface area contributed by atoms with Crippen LogP contribution in [0.2, 0.25) is 30.8 Å². The lowest BCUT2D eigenvalue weighted by Crippen LogP contribution is -2.32. The number of aromatic nitrogens is 3.